The van der Waals surface area contributed by atoms with E-state index in [9.17, 15) is 20.2 Å². The molecule has 2 aliphatic rings. The minimum Gasteiger partial charge on any atom is -0.378 e. The lowest BCUT2D eigenvalue weighted by atomic mass is 10.3. The van der Waals surface area contributed by atoms with Crippen molar-refractivity contribution < 1.29 is 19.3 Å². The quantitative estimate of drug-likeness (QED) is 0.305. The first kappa shape index (κ1) is 17.4. The normalized spacial score (nSPS) is 19.4. The zero-order valence-corrected chi connectivity index (χ0v) is 13.1. The predicted octanol–water partition coefficient (Wildman–Crippen LogP) is 0.453. The summed E-state index contributed by atoms with van der Waals surface area (Å²) in [6.07, 6.45) is 0.793. The Hall–Kier alpha value is -1.91. The van der Waals surface area contributed by atoms with Crippen molar-refractivity contribution >= 4 is 11.6 Å². The Morgan fingerprint density at radius 2 is 1.35 bits per heavy atom. The molecule has 23 heavy (non-hydrogen) atoms. The number of halogens is 1. The molecule has 2 fully saturated rings. The van der Waals surface area contributed by atoms with Gasteiger partial charge in [0.1, 0.15) is 6.08 Å². The van der Waals surface area contributed by atoms with Crippen molar-refractivity contribution in [2.24, 2.45) is 0 Å². The van der Waals surface area contributed by atoms with E-state index in [1.54, 1.807) is 9.80 Å². The lowest BCUT2D eigenvalue weighted by molar-refractivity contribution is -0.430. The van der Waals surface area contributed by atoms with Crippen LogP contribution in [0.4, 0.5) is 0 Å². The second kappa shape index (κ2) is 8.09. The van der Waals surface area contributed by atoms with Crippen LogP contribution in [0.15, 0.2) is 22.8 Å². The minimum atomic E-state index is -0.860. The summed E-state index contributed by atoms with van der Waals surface area (Å²) in [4.78, 5) is 24.3. The van der Waals surface area contributed by atoms with Crippen LogP contribution in [-0.4, -0.2) is 72.3 Å². The summed E-state index contributed by atoms with van der Waals surface area (Å²) in [5.74, 6) is 0.321. The highest BCUT2D eigenvalue weighted by Crippen LogP contribution is 2.22. The van der Waals surface area contributed by atoms with Gasteiger partial charge in [-0.15, -0.1) is 0 Å². The standard InChI is InChI=1S/C12H17ClN4O6/c13-11(17(20)21)9-10(16(18)19)12(14-1-5-22-6-2-14)15-3-7-23-8-4-15/h9H,1-8H2/b11-9-. The molecule has 2 rings (SSSR count). The molecule has 0 amide bonds. The van der Waals surface area contributed by atoms with E-state index in [0.717, 1.165) is 6.08 Å². The fourth-order valence-corrected chi connectivity index (χ4v) is 2.54. The fourth-order valence-electron chi connectivity index (χ4n) is 2.44. The molecule has 0 N–H and O–H groups in total. The third kappa shape index (κ3) is 4.53. The topological polar surface area (TPSA) is 111 Å². The maximum absolute atomic E-state index is 11.5. The van der Waals surface area contributed by atoms with Crippen LogP contribution in [0.1, 0.15) is 0 Å². The first-order valence-corrected chi connectivity index (χ1v) is 7.44. The molecule has 0 radical (unpaired) electrons. The molecular formula is C12H17ClN4O6. The van der Waals surface area contributed by atoms with Gasteiger partial charge in [-0.1, -0.05) is 0 Å². The summed E-state index contributed by atoms with van der Waals surface area (Å²) < 4.78 is 10.5. The molecule has 0 atom stereocenters. The largest absolute Gasteiger partial charge is 0.378 e. The molecule has 2 saturated heterocycles. The van der Waals surface area contributed by atoms with Crippen molar-refractivity contribution in [3.05, 3.63) is 43.0 Å². The number of ether oxygens (including phenoxy) is 2. The van der Waals surface area contributed by atoms with E-state index < -0.39 is 20.7 Å². The van der Waals surface area contributed by atoms with E-state index in [1.165, 1.54) is 0 Å². The summed E-state index contributed by atoms with van der Waals surface area (Å²) in [7, 11) is 0. The molecule has 0 aromatic rings. The van der Waals surface area contributed by atoms with Crippen LogP contribution in [0.25, 0.3) is 0 Å². The van der Waals surface area contributed by atoms with Crippen LogP contribution in [0, 0.1) is 20.2 Å². The number of hydrogen-bond acceptors (Lipinski definition) is 8. The van der Waals surface area contributed by atoms with E-state index >= 15 is 0 Å². The Morgan fingerprint density at radius 3 is 1.70 bits per heavy atom. The second-order valence-corrected chi connectivity index (χ2v) is 5.28. The van der Waals surface area contributed by atoms with Gasteiger partial charge in [-0.3, -0.25) is 20.2 Å². The van der Waals surface area contributed by atoms with E-state index in [1.807, 2.05) is 0 Å². The molecule has 2 aliphatic heterocycles. The van der Waals surface area contributed by atoms with Crippen molar-refractivity contribution in [1.29, 1.82) is 0 Å². The van der Waals surface area contributed by atoms with Crippen molar-refractivity contribution in [2.45, 2.75) is 0 Å². The van der Waals surface area contributed by atoms with E-state index in [0.29, 0.717) is 58.4 Å². The Bertz CT molecular complexity index is 506. The Balaban J connectivity index is 2.46. The van der Waals surface area contributed by atoms with E-state index in [-0.39, 0.29) is 0 Å². The van der Waals surface area contributed by atoms with Gasteiger partial charge in [0.05, 0.1) is 36.3 Å². The van der Waals surface area contributed by atoms with Crippen LogP contribution in [0.2, 0.25) is 0 Å². The number of nitro groups is 2. The Kier molecular flexibility index (Phi) is 6.13. The predicted molar refractivity (Wildman–Crippen MR) is 79.7 cm³/mol. The molecule has 0 spiro atoms. The highest BCUT2D eigenvalue weighted by Gasteiger charge is 2.31. The molecule has 10 nitrogen and oxygen atoms in total. The highest BCUT2D eigenvalue weighted by atomic mass is 35.5. The minimum absolute atomic E-state index is 0.321. The van der Waals surface area contributed by atoms with Gasteiger partial charge in [-0.2, -0.15) is 0 Å². The highest BCUT2D eigenvalue weighted by molar-refractivity contribution is 6.28. The molecule has 128 valence electrons. The van der Waals surface area contributed by atoms with Crippen LogP contribution in [0.3, 0.4) is 0 Å². The van der Waals surface area contributed by atoms with Crippen molar-refractivity contribution in [3.63, 3.8) is 0 Å². The second-order valence-electron chi connectivity index (χ2n) is 4.89. The van der Waals surface area contributed by atoms with Gasteiger partial charge in [-0.25, -0.2) is 0 Å². The number of nitrogens with zero attached hydrogens (tertiary/aromatic N) is 4. The number of hydrogen-bond donors (Lipinski definition) is 0. The van der Waals surface area contributed by atoms with Crippen LogP contribution < -0.4 is 0 Å². The molecule has 0 aliphatic carbocycles. The summed E-state index contributed by atoms with van der Waals surface area (Å²) in [5.41, 5.74) is -0.393. The zero-order chi connectivity index (χ0) is 16.8. The maximum Gasteiger partial charge on any atom is 0.344 e. The van der Waals surface area contributed by atoms with Gasteiger partial charge in [-0.05, 0) is 11.6 Å². The number of morpholine rings is 2. The average molecular weight is 349 g/mol. The van der Waals surface area contributed by atoms with Crippen molar-refractivity contribution in [1.82, 2.24) is 9.80 Å². The molecule has 2 heterocycles. The molecule has 0 saturated carbocycles. The number of rotatable bonds is 5. The van der Waals surface area contributed by atoms with Crippen molar-refractivity contribution in [2.75, 3.05) is 52.6 Å². The van der Waals surface area contributed by atoms with Gasteiger partial charge in [0.2, 0.25) is 0 Å². The lowest BCUT2D eigenvalue weighted by Crippen LogP contribution is -2.47. The summed E-state index contributed by atoms with van der Waals surface area (Å²) in [6, 6.07) is 0. The lowest BCUT2D eigenvalue weighted by Gasteiger charge is -2.38. The van der Waals surface area contributed by atoms with E-state index in [4.69, 9.17) is 21.1 Å². The summed E-state index contributed by atoms with van der Waals surface area (Å²) in [6.45, 7) is 3.61. The fraction of sp³-hybridized carbons (Fsp3) is 0.667. The Labute approximate surface area is 137 Å². The SMILES string of the molecule is O=[N+]([O-])C(/C=C(/Cl)[N+](=O)[O-])=C(N1CCOCC1)N1CCOCC1. The zero-order valence-electron chi connectivity index (χ0n) is 12.4. The first-order chi connectivity index (χ1) is 11.0. The molecule has 0 unspecified atom stereocenters. The summed E-state index contributed by atoms with van der Waals surface area (Å²) in [5, 5.41) is 21.4. The molecule has 0 bridgehead atoms. The van der Waals surface area contributed by atoms with Crippen LogP contribution in [-0.2, 0) is 9.47 Å². The molecule has 0 aromatic carbocycles. The van der Waals surface area contributed by atoms with Gasteiger partial charge >= 0.3 is 10.9 Å². The summed E-state index contributed by atoms with van der Waals surface area (Å²) >= 11 is 5.51. The average Bonchev–Trinajstić information content (AvgIpc) is 2.56. The Morgan fingerprint density at radius 1 is 0.913 bits per heavy atom. The van der Waals surface area contributed by atoms with Gasteiger partial charge in [0, 0.05) is 26.2 Å². The molecular weight excluding hydrogens is 332 g/mol. The molecule has 0 aromatic heterocycles. The first-order valence-electron chi connectivity index (χ1n) is 7.06. The van der Waals surface area contributed by atoms with Crippen LogP contribution in [0.5, 0.6) is 0 Å². The van der Waals surface area contributed by atoms with Crippen molar-refractivity contribution in [3.8, 4) is 0 Å². The monoisotopic (exact) mass is 348 g/mol. The van der Waals surface area contributed by atoms with Gasteiger partial charge in [0.25, 0.3) is 0 Å². The van der Waals surface area contributed by atoms with E-state index in [2.05, 4.69) is 0 Å². The number of allylic oxidation sites excluding steroid dienone is 1. The van der Waals surface area contributed by atoms with Gasteiger partial charge < -0.3 is 19.3 Å². The smallest absolute Gasteiger partial charge is 0.344 e. The molecule has 11 heteroatoms. The van der Waals surface area contributed by atoms with Gasteiger partial charge in [0.15, 0.2) is 5.82 Å². The third-order valence-electron chi connectivity index (χ3n) is 3.48. The third-order valence-corrected chi connectivity index (χ3v) is 3.72. The maximum atomic E-state index is 11.5. The van der Waals surface area contributed by atoms with Crippen LogP contribution >= 0.6 is 11.6 Å².